The van der Waals surface area contributed by atoms with Crippen molar-refractivity contribution in [1.82, 2.24) is 0 Å². The van der Waals surface area contributed by atoms with Crippen LogP contribution >= 0.6 is 15.9 Å². The van der Waals surface area contributed by atoms with E-state index in [4.69, 9.17) is 5.73 Å². The van der Waals surface area contributed by atoms with E-state index < -0.39 is 4.92 Å². The van der Waals surface area contributed by atoms with Crippen molar-refractivity contribution in [3.05, 3.63) is 62.6 Å². The Morgan fingerprint density at radius 3 is 2.65 bits per heavy atom. The van der Waals surface area contributed by atoms with Crippen LogP contribution in [-0.2, 0) is 0 Å². The Morgan fingerprint density at radius 2 is 2.00 bits per heavy atom. The number of carbonyl (C=O) groups is 1. The minimum absolute atomic E-state index is 0.0821. The molecule has 2 aromatic carbocycles. The average molecular weight is 336 g/mol. The molecule has 0 fully saturated rings. The quantitative estimate of drug-likeness (QED) is 0.511. The minimum atomic E-state index is -0.518. The van der Waals surface area contributed by atoms with Crippen molar-refractivity contribution in [2.24, 2.45) is 0 Å². The van der Waals surface area contributed by atoms with Gasteiger partial charge < -0.3 is 11.1 Å². The number of nitrogen functional groups attached to an aromatic ring is 1. The standard InChI is InChI=1S/C13H10BrN3O3/c14-11-6-8(4-5-12(11)15)13(18)16-9-2-1-3-10(7-9)17(19)20/h1-7H,15H2,(H,16,18). The summed E-state index contributed by atoms with van der Waals surface area (Å²) in [7, 11) is 0. The third-order valence-electron chi connectivity index (χ3n) is 2.58. The number of hydrogen-bond donors (Lipinski definition) is 2. The fourth-order valence-electron chi connectivity index (χ4n) is 1.57. The summed E-state index contributed by atoms with van der Waals surface area (Å²) in [6.07, 6.45) is 0. The zero-order valence-electron chi connectivity index (χ0n) is 10.2. The number of carbonyl (C=O) groups excluding carboxylic acids is 1. The predicted molar refractivity (Wildman–Crippen MR) is 79.6 cm³/mol. The van der Waals surface area contributed by atoms with Gasteiger partial charge in [-0.05, 0) is 40.2 Å². The van der Waals surface area contributed by atoms with Gasteiger partial charge in [-0.25, -0.2) is 0 Å². The van der Waals surface area contributed by atoms with E-state index in [2.05, 4.69) is 21.2 Å². The number of amides is 1. The Balaban J connectivity index is 2.21. The third-order valence-corrected chi connectivity index (χ3v) is 3.26. The first-order valence-corrected chi connectivity index (χ1v) is 6.37. The van der Waals surface area contributed by atoms with Gasteiger partial charge in [-0.3, -0.25) is 14.9 Å². The highest BCUT2D eigenvalue weighted by Gasteiger charge is 2.10. The second-order valence-corrected chi connectivity index (χ2v) is 4.85. The van der Waals surface area contributed by atoms with Crippen LogP contribution in [0.25, 0.3) is 0 Å². The number of non-ortho nitro benzene ring substituents is 1. The van der Waals surface area contributed by atoms with Gasteiger partial charge in [-0.2, -0.15) is 0 Å². The van der Waals surface area contributed by atoms with Crippen molar-refractivity contribution < 1.29 is 9.72 Å². The lowest BCUT2D eigenvalue weighted by Gasteiger charge is -2.06. The zero-order valence-corrected chi connectivity index (χ0v) is 11.8. The number of hydrogen-bond acceptors (Lipinski definition) is 4. The summed E-state index contributed by atoms with van der Waals surface area (Å²) in [5, 5.41) is 13.3. The van der Waals surface area contributed by atoms with E-state index in [-0.39, 0.29) is 11.6 Å². The molecular weight excluding hydrogens is 326 g/mol. The Hall–Kier alpha value is -2.41. The highest BCUT2D eigenvalue weighted by Crippen LogP contribution is 2.22. The van der Waals surface area contributed by atoms with Crippen molar-refractivity contribution in [2.75, 3.05) is 11.1 Å². The Bertz CT molecular complexity index is 688. The van der Waals surface area contributed by atoms with E-state index in [0.717, 1.165) is 0 Å². The van der Waals surface area contributed by atoms with Gasteiger partial charge in [0.2, 0.25) is 0 Å². The maximum Gasteiger partial charge on any atom is 0.271 e. The average Bonchev–Trinajstić information content (AvgIpc) is 2.42. The van der Waals surface area contributed by atoms with E-state index in [1.54, 1.807) is 24.3 Å². The van der Waals surface area contributed by atoms with Crippen LogP contribution in [0.15, 0.2) is 46.9 Å². The molecule has 0 aliphatic rings. The fourth-order valence-corrected chi connectivity index (χ4v) is 1.95. The number of benzene rings is 2. The van der Waals surface area contributed by atoms with Crippen molar-refractivity contribution in [2.45, 2.75) is 0 Å². The van der Waals surface area contributed by atoms with Gasteiger partial charge in [0, 0.05) is 33.5 Å². The Morgan fingerprint density at radius 1 is 1.25 bits per heavy atom. The number of nitro benzene ring substituents is 1. The summed E-state index contributed by atoms with van der Waals surface area (Å²) in [5.74, 6) is -0.369. The SMILES string of the molecule is Nc1ccc(C(=O)Nc2cccc([N+](=O)[O-])c2)cc1Br. The van der Waals surface area contributed by atoms with Gasteiger partial charge in [0.25, 0.3) is 11.6 Å². The van der Waals surface area contributed by atoms with Crippen molar-refractivity contribution in [3.8, 4) is 0 Å². The lowest BCUT2D eigenvalue weighted by Crippen LogP contribution is -2.12. The minimum Gasteiger partial charge on any atom is -0.398 e. The molecule has 0 aliphatic carbocycles. The second-order valence-electron chi connectivity index (χ2n) is 4.00. The summed E-state index contributed by atoms with van der Waals surface area (Å²) >= 11 is 3.24. The number of rotatable bonds is 3. The van der Waals surface area contributed by atoms with Crippen LogP contribution in [0.4, 0.5) is 17.1 Å². The fraction of sp³-hybridized carbons (Fsp3) is 0. The van der Waals surface area contributed by atoms with Crippen molar-refractivity contribution >= 4 is 38.9 Å². The summed E-state index contributed by atoms with van der Waals surface area (Å²) in [4.78, 5) is 22.2. The first-order valence-electron chi connectivity index (χ1n) is 5.58. The van der Waals surface area contributed by atoms with Gasteiger partial charge >= 0.3 is 0 Å². The third kappa shape index (κ3) is 3.12. The molecule has 102 valence electrons. The van der Waals surface area contributed by atoms with Gasteiger partial charge in [0.1, 0.15) is 0 Å². The van der Waals surface area contributed by atoms with Gasteiger partial charge in [-0.1, -0.05) is 6.07 Å². The van der Waals surface area contributed by atoms with E-state index in [0.29, 0.717) is 21.4 Å². The number of nitrogens with one attached hydrogen (secondary N) is 1. The Labute approximate surface area is 122 Å². The van der Waals surface area contributed by atoms with Crippen LogP contribution in [0.3, 0.4) is 0 Å². The van der Waals surface area contributed by atoms with Gasteiger partial charge in [0.15, 0.2) is 0 Å². The van der Waals surface area contributed by atoms with Crippen LogP contribution in [0, 0.1) is 10.1 Å². The number of nitro groups is 1. The van der Waals surface area contributed by atoms with Crippen molar-refractivity contribution in [3.63, 3.8) is 0 Å². The normalized spacial score (nSPS) is 10.1. The van der Waals surface area contributed by atoms with Crippen LogP contribution in [0.5, 0.6) is 0 Å². The molecule has 1 amide bonds. The van der Waals surface area contributed by atoms with Gasteiger partial charge in [0.05, 0.1) is 4.92 Å². The van der Waals surface area contributed by atoms with Crippen LogP contribution in [-0.4, -0.2) is 10.8 Å². The van der Waals surface area contributed by atoms with Crippen LogP contribution in [0.2, 0.25) is 0 Å². The largest absolute Gasteiger partial charge is 0.398 e. The van der Waals surface area contributed by atoms with Gasteiger partial charge in [-0.15, -0.1) is 0 Å². The molecule has 0 spiro atoms. The Kier molecular flexibility index (Phi) is 3.99. The first kappa shape index (κ1) is 14.0. The lowest BCUT2D eigenvalue weighted by atomic mass is 10.2. The maximum absolute atomic E-state index is 12.0. The number of nitrogens with two attached hydrogens (primary N) is 1. The first-order chi connectivity index (χ1) is 9.47. The summed E-state index contributed by atoms with van der Waals surface area (Å²) in [6, 6.07) is 10.5. The van der Waals surface area contributed by atoms with E-state index >= 15 is 0 Å². The number of anilines is 2. The topological polar surface area (TPSA) is 98.3 Å². The monoisotopic (exact) mass is 335 g/mol. The van der Waals surface area contributed by atoms with Crippen LogP contribution in [0.1, 0.15) is 10.4 Å². The highest BCUT2D eigenvalue weighted by atomic mass is 79.9. The molecule has 0 unspecified atom stereocenters. The van der Waals surface area contributed by atoms with E-state index in [9.17, 15) is 14.9 Å². The lowest BCUT2D eigenvalue weighted by molar-refractivity contribution is -0.384. The summed E-state index contributed by atoms with van der Waals surface area (Å²) in [5.41, 5.74) is 6.84. The molecule has 6 nitrogen and oxygen atoms in total. The molecule has 0 aliphatic heterocycles. The molecule has 0 bridgehead atoms. The predicted octanol–water partition coefficient (Wildman–Crippen LogP) is 3.19. The molecule has 2 aromatic rings. The molecule has 20 heavy (non-hydrogen) atoms. The van der Waals surface area contributed by atoms with E-state index in [1.807, 2.05) is 0 Å². The molecule has 0 aromatic heterocycles. The smallest absolute Gasteiger partial charge is 0.271 e. The molecule has 0 radical (unpaired) electrons. The molecule has 0 saturated carbocycles. The molecule has 0 heterocycles. The molecular formula is C13H10BrN3O3. The summed E-state index contributed by atoms with van der Waals surface area (Å²) < 4.78 is 0.615. The van der Waals surface area contributed by atoms with Crippen LogP contribution < -0.4 is 11.1 Å². The van der Waals surface area contributed by atoms with Crippen molar-refractivity contribution in [1.29, 1.82) is 0 Å². The van der Waals surface area contributed by atoms with E-state index in [1.165, 1.54) is 18.2 Å². The number of halogens is 1. The number of nitrogens with zero attached hydrogens (tertiary/aromatic N) is 1. The molecule has 0 saturated heterocycles. The molecule has 2 rings (SSSR count). The molecule has 0 atom stereocenters. The summed E-state index contributed by atoms with van der Waals surface area (Å²) in [6.45, 7) is 0. The molecule has 3 N–H and O–H groups in total. The molecule has 7 heteroatoms. The maximum atomic E-state index is 12.0. The second kappa shape index (κ2) is 5.70. The zero-order chi connectivity index (χ0) is 14.7. The highest BCUT2D eigenvalue weighted by molar-refractivity contribution is 9.10.